The van der Waals surface area contributed by atoms with Gasteiger partial charge < -0.3 is 5.73 Å². The van der Waals surface area contributed by atoms with Crippen LogP contribution in [0.4, 0.5) is 13.2 Å². The van der Waals surface area contributed by atoms with Crippen LogP contribution in [0.1, 0.15) is 12.8 Å². The number of primary amides is 1. The minimum absolute atomic E-state index is 0.340. The quantitative estimate of drug-likeness (QED) is 0.671. The van der Waals surface area contributed by atoms with E-state index in [2.05, 4.69) is 5.73 Å². The first-order valence-corrected chi connectivity index (χ1v) is 3.26. The van der Waals surface area contributed by atoms with E-state index in [4.69, 9.17) is 11.6 Å². The third-order valence-electron chi connectivity index (χ3n) is 0.999. The van der Waals surface area contributed by atoms with E-state index in [0.29, 0.717) is 0 Å². The summed E-state index contributed by atoms with van der Waals surface area (Å²) in [5.41, 5.74) is 4.62. The van der Waals surface area contributed by atoms with Crippen molar-refractivity contribution in [2.45, 2.75) is 24.4 Å². The summed E-state index contributed by atoms with van der Waals surface area (Å²) in [6.45, 7) is 0. The molecule has 0 heterocycles. The van der Waals surface area contributed by atoms with Gasteiger partial charge in [0.2, 0.25) is 5.91 Å². The van der Waals surface area contributed by atoms with Crippen molar-refractivity contribution in [1.82, 2.24) is 0 Å². The second-order valence-corrected chi connectivity index (χ2v) is 2.54. The van der Waals surface area contributed by atoms with Crippen LogP contribution >= 0.6 is 11.6 Å². The Morgan fingerprint density at radius 3 is 2.27 bits per heavy atom. The molecular formula is C5H7ClF3NO. The highest BCUT2D eigenvalue weighted by atomic mass is 35.5. The zero-order chi connectivity index (χ0) is 9.07. The molecule has 11 heavy (non-hydrogen) atoms. The van der Waals surface area contributed by atoms with Crippen LogP contribution < -0.4 is 5.73 Å². The van der Waals surface area contributed by atoms with Crippen LogP contribution in [0.5, 0.6) is 0 Å². The monoisotopic (exact) mass is 189 g/mol. The lowest BCUT2D eigenvalue weighted by atomic mass is 10.2. The molecule has 1 amide bonds. The second kappa shape index (κ2) is 3.80. The Morgan fingerprint density at radius 2 is 2.00 bits per heavy atom. The second-order valence-electron chi connectivity index (χ2n) is 2.01. The first kappa shape index (κ1) is 10.6. The standard InChI is InChI=1S/C5H7ClF3NO/c6-3(5(7,8)9)1-2-4(10)11/h3H,1-2H2,(H2,10,11). The number of carbonyl (C=O) groups excluding carboxylic acids is 1. The summed E-state index contributed by atoms with van der Waals surface area (Å²) in [5, 5.41) is -1.98. The van der Waals surface area contributed by atoms with E-state index < -0.39 is 23.9 Å². The number of hydrogen-bond donors (Lipinski definition) is 1. The van der Waals surface area contributed by atoms with E-state index in [1.165, 1.54) is 0 Å². The molecule has 0 aromatic rings. The maximum absolute atomic E-state index is 11.6. The minimum Gasteiger partial charge on any atom is -0.370 e. The molecule has 0 spiro atoms. The van der Waals surface area contributed by atoms with Gasteiger partial charge in [0.1, 0.15) is 5.38 Å². The summed E-state index contributed by atoms with van der Waals surface area (Å²) in [5.74, 6) is -0.778. The fourth-order valence-corrected chi connectivity index (χ4v) is 0.542. The SMILES string of the molecule is NC(=O)CCC(Cl)C(F)(F)F. The summed E-state index contributed by atoms with van der Waals surface area (Å²) < 4.78 is 34.8. The van der Waals surface area contributed by atoms with E-state index in [1.807, 2.05) is 0 Å². The molecular weight excluding hydrogens is 183 g/mol. The average Bonchev–Trinajstić information content (AvgIpc) is 1.80. The predicted octanol–water partition coefficient (Wildman–Crippen LogP) is 1.42. The van der Waals surface area contributed by atoms with Gasteiger partial charge >= 0.3 is 6.18 Å². The van der Waals surface area contributed by atoms with Crippen molar-refractivity contribution in [2.24, 2.45) is 5.73 Å². The number of rotatable bonds is 3. The summed E-state index contributed by atoms with van der Waals surface area (Å²) in [6.07, 6.45) is -5.24. The highest BCUT2D eigenvalue weighted by Crippen LogP contribution is 2.27. The van der Waals surface area contributed by atoms with Crippen molar-refractivity contribution in [3.8, 4) is 0 Å². The van der Waals surface area contributed by atoms with Crippen molar-refractivity contribution >= 4 is 17.5 Å². The van der Waals surface area contributed by atoms with Gasteiger partial charge in [0.15, 0.2) is 0 Å². The molecule has 0 aliphatic carbocycles. The van der Waals surface area contributed by atoms with Crippen molar-refractivity contribution in [2.75, 3.05) is 0 Å². The molecule has 0 aromatic heterocycles. The molecule has 66 valence electrons. The van der Waals surface area contributed by atoms with Gasteiger partial charge in [0, 0.05) is 6.42 Å². The first-order valence-electron chi connectivity index (χ1n) is 2.83. The number of halogens is 4. The fourth-order valence-electron chi connectivity index (χ4n) is 0.433. The fraction of sp³-hybridized carbons (Fsp3) is 0.800. The maximum atomic E-state index is 11.6. The molecule has 6 heteroatoms. The Kier molecular flexibility index (Phi) is 3.65. The van der Waals surface area contributed by atoms with Crippen molar-refractivity contribution in [1.29, 1.82) is 0 Å². The Balaban J connectivity index is 3.70. The lowest BCUT2D eigenvalue weighted by molar-refractivity contribution is -0.133. The molecule has 0 saturated carbocycles. The first-order chi connectivity index (χ1) is 4.84. The normalized spacial score (nSPS) is 14.5. The summed E-state index contributed by atoms with van der Waals surface area (Å²) in [7, 11) is 0. The highest BCUT2D eigenvalue weighted by Gasteiger charge is 2.37. The molecule has 2 N–H and O–H groups in total. The number of carbonyl (C=O) groups is 1. The topological polar surface area (TPSA) is 43.1 Å². The molecule has 0 fully saturated rings. The van der Waals surface area contributed by atoms with Crippen LogP contribution in [-0.4, -0.2) is 17.5 Å². The van der Waals surface area contributed by atoms with Gasteiger partial charge in [0.05, 0.1) is 0 Å². The van der Waals surface area contributed by atoms with Gasteiger partial charge in [-0.2, -0.15) is 13.2 Å². The smallest absolute Gasteiger partial charge is 0.370 e. The van der Waals surface area contributed by atoms with Crippen molar-refractivity contribution < 1.29 is 18.0 Å². The van der Waals surface area contributed by atoms with Crippen LogP contribution in [0.3, 0.4) is 0 Å². The zero-order valence-electron chi connectivity index (χ0n) is 5.49. The Labute approximate surface area is 66.5 Å². The predicted molar refractivity (Wildman–Crippen MR) is 34.1 cm³/mol. The van der Waals surface area contributed by atoms with Crippen molar-refractivity contribution in [3.05, 3.63) is 0 Å². The van der Waals surface area contributed by atoms with Crippen molar-refractivity contribution in [3.63, 3.8) is 0 Å². The van der Waals surface area contributed by atoms with E-state index in [1.54, 1.807) is 0 Å². The summed E-state index contributed by atoms with van der Waals surface area (Å²) in [6, 6.07) is 0. The molecule has 0 saturated heterocycles. The van der Waals surface area contributed by atoms with Gasteiger partial charge in [-0.25, -0.2) is 0 Å². The van der Waals surface area contributed by atoms with Gasteiger partial charge in [-0.3, -0.25) is 4.79 Å². The van der Waals surface area contributed by atoms with Gasteiger partial charge in [0.25, 0.3) is 0 Å². The number of hydrogen-bond acceptors (Lipinski definition) is 1. The van der Waals surface area contributed by atoms with Gasteiger partial charge in [-0.1, -0.05) is 0 Å². The number of amides is 1. The molecule has 0 bridgehead atoms. The van der Waals surface area contributed by atoms with Crippen LogP contribution in [-0.2, 0) is 4.79 Å². The Hall–Kier alpha value is -0.450. The lowest BCUT2D eigenvalue weighted by Gasteiger charge is -2.11. The summed E-state index contributed by atoms with van der Waals surface area (Å²) in [4.78, 5) is 10.0. The van der Waals surface area contributed by atoms with Crippen LogP contribution in [0.25, 0.3) is 0 Å². The molecule has 1 atom stereocenters. The lowest BCUT2D eigenvalue weighted by Crippen LogP contribution is -2.25. The molecule has 0 aromatic carbocycles. The Bertz CT molecular complexity index is 147. The van der Waals surface area contributed by atoms with E-state index in [-0.39, 0.29) is 6.42 Å². The van der Waals surface area contributed by atoms with Crippen LogP contribution in [0.2, 0.25) is 0 Å². The zero-order valence-corrected chi connectivity index (χ0v) is 6.24. The van der Waals surface area contributed by atoms with Crippen LogP contribution in [0.15, 0.2) is 0 Å². The highest BCUT2D eigenvalue weighted by molar-refractivity contribution is 6.21. The number of alkyl halides is 4. The molecule has 0 aliphatic heterocycles. The average molecular weight is 190 g/mol. The van der Waals surface area contributed by atoms with E-state index >= 15 is 0 Å². The number of nitrogens with two attached hydrogens (primary N) is 1. The van der Waals surface area contributed by atoms with Gasteiger partial charge in [-0.15, -0.1) is 11.6 Å². The minimum atomic E-state index is -4.45. The molecule has 0 rings (SSSR count). The molecule has 0 radical (unpaired) electrons. The Morgan fingerprint density at radius 1 is 1.55 bits per heavy atom. The largest absolute Gasteiger partial charge is 0.404 e. The molecule has 1 unspecified atom stereocenters. The van der Waals surface area contributed by atoms with Crippen LogP contribution in [0, 0.1) is 0 Å². The third-order valence-corrected chi connectivity index (χ3v) is 1.47. The third kappa shape index (κ3) is 4.89. The van der Waals surface area contributed by atoms with E-state index in [0.717, 1.165) is 0 Å². The maximum Gasteiger partial charge on any atom is 0.404 e. The molecule has 2 nitrogen and oxygen atoms in total. The van der Waals surface area contributed by atoms with Gasteiger partial charge in [-0.05, 0) is 6.42 Å². The van der Waals surface area contributed by atoms with E-state index in [9.17, 15) is 18.0 Å². The summed E-state index contributed by atoms with van der Waals surface area (Å²) >= 11 is 4.87. The molecule has 0 aliphatic rings.